The highest BCUT2D eigenvalue weighted by Crippen LogP contribution is 2.44. The van der Waals surface area contributed by atoms with Crippen molar-refractivity contribution in [1.82, 2.24) is 4.90 Å². The van der Waals surface area contributed by atoms with Crippen LogP contribution in [-0.4, -0.2) is 33.0 Å². The van der Waals surface area contributed by atoms with Gasteiger partial charge in [-0.15, -0.1) is 0 Å². The second kappa shape index (κ2) is 4.05. The van der Waals surface area contributed by atoms with Gasteiger partial charge in [0.2, 0.25) is 10.0 Å². The van der Waals surface area contributed by atoms with Crippen LogP contribution in [-0.2, 0) is 15.4 Å². The number of primary sulfonamides is 1. The first-order valence-corrected chi connectivity index (χ1v) is 7.91. The number of sulfonamides is 1. The maximum Gasteiger partial charge on any atom is 0.238 e. The highest BCUT2D eigenvalue weighted by atomic mass is 32.2. The van der Waals surface area contributed by atoms with Gasteiger partial charge < -0.3 is 4.90 Å². The molecular weight excluding hydrogens is 248 g/mol. The van der Waals surface area contributed by atoms with Crippen molar-refractivity contribution in [3.63, 3.8) is 0 Å². The van der Waals surface area contributed by atoms with Crippen LogP contribution in [0.4, 0.5) is 0 Å². The van der Waals surface area contributed by atoms with E-state index in [1.54, 1.807) is 12.1 Å². The molecule has 0 spiro atoms. The minimum absolute atomic E-state index is 0.0256. The number of rotatable bonds is 2. The zero-order chi connectivity index (χ0) is 12.8. The van der Waals surface area contributed by atoms with Crippen molar-refractivity contribution in [2.45, 2.75) is 29.6 Å². The Morgan fingerprint density at radius 2 is 1.61 bits per heavy atom. The Kier molecular flexibility index (Phi) is 2.73. The molecule has 4 nitrogen and oxygen atoms in total. The SMILES string of the molecule is NS(=O)(=O)c1ccccc1C12CCN(CC1)CC2. The Hall–Kier alpha value is -0.910. The Balaban J connectivity index is 2.12. The van der Waals surface area contributed by atoms with Gasteiger partial charge in [-0.1, -0.05) is 18.2 Å². The fourth-order valence-corrected chi connectivity index (χ4v) is 4.24. The van der Waals surface area contributed by atoms with Gasteiger partial charge in [0, 0.05) is 5.41 Å². The first-order valence-electron chi connectivity index (χ1n) is 6.36. The summed E-state index contributed by atoms with van der Waals surface area (Å²) in [5.41, 5.74) is 0.962. The van der Waals surface area contributed by atoms with E-state index in [9.17, 15) is 8.42 Å². The topological polar surface area (TPSA) is 63.4 Å². The van der Waals surface area contributed by atoms with E-state index in [0.717, 1.165) is 44.5 Å². The average Bonchev–Trinajstić information content (AvgIpc) is 2.40. The van der Waals surface area contributed by atoms with E-state index in [-0.39, 0.29) is 5.41 Å². The zero-order valence-corrected chi connectivity index (χ0v) is 11.1. The molecular formula is C13H18N2O2S. The van der Waals surface area contributed by atoms with Crippen molar-refractivity contribution in [2.24, 2.45) is 5.14 Å². The van der Waals surface area contributed by atoms with Gasteiger partial charge >= 0.3 is 0 Å². The molecule has 3 fully saturated rings. The first-order chi connectivity index (χ1) is 8.51. The predicted molar refractivity (Wildman–Crippen MR) is 69.8 cm³/mol. The molecule has 1 aromatic carbocycles. The molecule has 5 heteroatoms. The van der Waals surface area contributed by atoms with E-state index >= 15 is 0 Å². The van der Waals surface area contributed by atoms with Crippen LogP contribution in [0.25, 0.3) is 0 Å². The second-order valence-electron chi connectivity index (χ2n) is 5.41. The molecule has 18 heavy (non-hydrogen) atoms. The Morgan fingerprint density at radius 3 is 2.17 bits per heavy atom. The van der Waals surface area contributed by atoms with Gasteiger partial charge in [-0.2, -0.15) is 0 Å². The molecule has 98 valence electrons. The summed E-state index contributed by atoms with van der Waals surface area (Å²) in [7, 11) is -3.63. The standard InChI is InChI=1S/C13H18N2O2S/c14-18(16,17)12-4-2-1-3-11(12)13-5-8-15(9-6-13)10-7-13/h1-4H,5-10H2,(H2,14,16,17). The fraction of sp³-hybridized carbons (Fsp3) is 0.538. The van der Waals surface area contributed by atoms with E-state index in [2.05, 4.69) is 4.90 Å². The summed E-state index contributed by atoms with van der Waals surface area (Å²) in [6.45, 7) is 3.21. The minimum atomic E-state index is -3.63. The van der Waals surface area contributed by atoms with E-state index in [0.29, 0.717) is 4.90 Å². The molecule has 0 amide bonds. The van der Waals surface area contributed by atoms with Crippen molar-refractivity contribution in [1.29, 1.82) is 0 Å². The smallest absolute Gasteiger partial charge is 0.238 e. The van der Waals surface area contributed by atoms with E-state index in [4.69, 9.17) is 5.14 Å². The summed E-state index contributed by atoms with van der Waals surface area (Å²) in [5.74, 6) is 0. The van der Waals surface area contributed by atoms with Crippen LogP contribution in [0.2, 0.25) is 0 Å². The Bertz CT molecular complexity index is 546. The molecule has 0 atom stereocenters. The van der Waals surface area contributed by atoms with Gasteiger partial charge in [0.25, 0.3) is 0 Å². The summed E-state index contributed by atoms with van der Waals surface area (Å²) in [6.07, 6.45) is 3.12. The Morgan fingerprint density at radius 1 is 1.06 bits per heavy atom. The highest BCUT2D eigenvalue weighted by molar-refractivity contribution is 7.89. The summed E-state index contributed by atoms with van der Waals surface area (Å²) in [6, 6.07) is 7.25. The zero-order valence-electron chi connectivity index (χ0n) is 10.3. The number of nitrogens with zero attached hydrogens (tertiary/aromatic N) is 1. The molecule has 0 saturated carbocycles. The number of hydrogen-bond acceptors (Lipinski definition) is 3. The fourth-order valence-electron chi connectivity index (χ4n) is 3.38. The third-order valence-electron chi connectivity index (χ3n) is 4.48. The van der Waals surface area contributed by atoms with Crippen molar-refractivity contribution in [3.8, 4) is 0 Å². The molecule has 4 rings (SSSR count). The van der Waals surface area contributed by atoms with E-state index in [1.807, 2.05) is 12.1 Å². The third kappa shape index (κ3) is 1.86. The molecule has 3 saturated heterocycles. The van der Waals surface area contributed by atoms with Gasteiger partial charge in [-0.25, -0.2) is 13.6 Å². The van der Waals surface area contributed by atoms with Gasteiger partial charge in [0.15, 0.2) is 0 Å². The van der Waals surface area contributed by atoms with Crippen LogP contribution in [0.15, 0.2) is 29.2 Å². The minimum Gasteiger partial charge on any atom is -0.303 e. The number of benzene rings is 1. The predicted octanol–water partition coefficient (Wildman–Crippen LogP) is 1.07. The summed E-state index contributed by atoms with van der Waals surface area (Å²) in [5, 5.41) is 5.35. The molecule has 0 aromatic heterocycles. The van der Waals surface area contributed by atoms with Gasteiger partial charge in [0.05, 0.1) is 4.90 Å². The van der Waals surface area contributed by atoms with Crippen LogP contribution in [0.3, 0.4) is 0 Å². The molecule has 3 heterocycles. The number of hydrogen-bond donors (Lipinski definition) is 1. The summed E-state index contributed by atoms with van der Waals surface area (Å²) >= 11 is 0. The number of piperidine rings is 3. The molecule has 1 aromatic rings. The van der Waals surface area contributed by atoms with Gasteiger partial charge in [0.1, 0.15) is 0 Å². The first kappa shape index (κ1) is 12.1. The molecule has 0 aliphatic carbocycles. The molecule has 2 N–H and O–H groups in total. The quantitative estimate of drug-likeness (QED) is 0.871. The van der Waals surface area contributed by atoms with Crippen molar-refractivity contribution in [2.75, 3.05) is 19.6 Å². The van der Waals surface area contributed by atoms with Crippen molar-refractivity contribution in [3.05, 3.63) is 29.8 Å². The number of nitrogens with two attached hydrogens (primary N) is 1. The lowest BCUT2D eigenvalue weighted by Crippen LogP contribution is -2.51. The van der Waals surface area contributed by atoms with Gasteiger partial charge in [-0.3, -0.25) is 0 Å². The lowest BCUT2D eigenvalue weighted by Gasteiger charge is -2.49. The maximum absolute atomic E-state index is 11.7. The lowest BCUT2D eigenvalue weighted by atomic mass is 9.67. The monoisotopic (exact) mass is 266 g/mol. The molecule has 0 radical (unpaired) electrons. The highest BCUT2D eigenvalue weighted by Gasteiger charge is 2.42. The number of fused-ring (bicyclic) bond motifs is 3. The normalized spacial score (nSPS) is 31.5. The van der Waals surface area contributed by atoms with Crippen LogP contribution in [0.1, 0.15) is 24.8 Å². The molecule has 2 bridgehead atoms. The Labute approximate surface area is 108 Å². The van der Waals surface area contributed by atoms with E-state index < -0.39 is 10.0 Å². The van der Waals surface area contributed by atoms with Crippen LogP contribution in [0.5, 0.6) is 0 Å². The van der Waals surface area contributed by atoms with Gasteiger partial charge in [-0.05, 0) is 50.5 Å². The van der Waals surface area contributed by atoms with Crippen LogP contribution >= 0.6 is 0 Å². The van der Waals surface area contributed by atoms with Crippen molar-refractivity contribution < 1.29 is 8.42 Å². The largest absolute Gasteiger partial charge is 0.303 e. The third-order valence-corrected chi connectivity index (χ3v) is 5.45. The summed E-state index contributed by atoms with van der Waals surface area (Å²) < 4.78 is 23.5. The second-order valence-corrected chi connectivity index (χ2v) is 6.94. The van der Waals surface area contributed by atoms with Crippen LogP contribution in [0, 0.1) is 0 Å². The molecule has 3 aliphatic rings. The lowest BCUT2D eigenvalue weighted by molar-refractivity contribution is 0.0801. The van der Waals surface area contributed by atoms with Crippen LogP contribution < -0.4 is 5.14 Å². The molecule has 3 aliphatic heterocycles. The maximum atomic E-state index is 11.7. The molecule has 0 unspecified atom stereocenters. The van der Waals surface area contributed by atoms with E-state index in [1.165, 1.54) is 0 Å². The van der Waals surface area contributed by atoms with Crippen molar-refractivity contribution >= 4 is 10.0 Å². The average molecular weight is 266 g/mol. The summed E-state index contributed by atoms with van der Waals surface area (Å²) in [4.78, 5) is 2.77.